The van der Waals surface area contributed by atoms with Crippen molar-refractivity contribution in [3.05, 3.63) is 137 Å². The van der Waals surface area contributed by atoms with E-state index in [1.54, 1.807) is 49.4 Å². The van der Waals surface area contributed by atoms with Crippen molar-refractivity contribution in [3.63, 3.8) is 0 Å². The van der Waals surface area contributed by atoms with Crippen molar-refractivity contribution in [1.82, 2.24) is 14.8 Å². The van der Waals surface area contributed by atoms with Crippen LogP contribution in [0.2, 0.25) is 0 Å². The van der Waals surface area contributed by atoms with E-state index in [-0.39, 0.29) is 54.9 Å². The van der Waals surface area contributed by atoms with Gasteiger partial charge in [0.05, 0.1) is 48.7 Å². The lowest BCUT2D eigenvalue weighted by atomic mass is 9.89. The number of aromatic nitrogens is 3. The zero-order chi connectivity index (χ0) is 37.1. The highest BCUT2D eigenvalue weighted by Gasteiger charge is 2.47. The highest BCUT2D eigenvalue weighted by Crippen LogP contribution is 2.42. The van der Waals surface area contributed by atoms with Crippen molar-refractivity contribution < 1.29 is 41.7 Å². The highest BCUT2D eigenvalue weighted by molar-refractivity contribution is 8.00. The summed E-state index contributed by atoms with van der Waals surface area (Å²) in [6.45, 7) is 1.33. The maximum Gasteiger partial charge on any atom is 0.339 e. The first-order chi connectivity index (χ1) is 25.1. The van der Waals surface area contributed by atoms with E-state index in [9.17, 15) is 18.4 Å². The average Bonchev–Trinajstić information content (AvgIpc) is 3.66. The molecule has 1 aromatic heterocycles. The third-order valence-electron chi connectivity index (χ3n) is 8.05. The van der Waals surface area contributed by atoms with Crippen LogP contribution in [0.1, 0.15) is 39.5 Å². The van der Waals surface area contributed by atoms with Crippen LogP contribution in [-0.2, 0) is 42.5 Å². The first kappa shape index (κ1) is 38.0. The fourth-order valence-corrected chi connectivity index (χ4v) is 6.77. The van der Waals surface area contributed by atoms with E-state index in [2.05, 4.69) is 10.1 Å². The Balaban J connectivity index is 1.37. The molecule has 52 heavy (non-hydrogen) atoms. The van der Waals surface area contributed by atoms with Gasteiger partial charge in [0.15, 0.2) is 11.9 Å². The Bertz CT molecular complexity index is 1960. The van der Waals surface area contributed by atoms with E-state index >= 15 is 4.39 Å². The molecule has 1 saturated heterocycles. The van der Waals surface area contributed by atoms with E-state index in [1.807, 2.05) is 6.07 Å². The number of nitrogens with zero attached hydrogens (tertiary/aromatic N) is 4. The van der Waals surface area contributed by atoms with Gasteiger partial charge in [0.1, 0.15) is 36.7 Å². The number of hydrogen-bond acceptors (Lipinski definition) is 11. The zero-order valence-corrected chi connectivity index (χ0v) is 28.7. The smallest absolute Gasteiger partial charge is 0.339 e. The van der Waals surface area contributed by atoms with Gasteiger partial charge in [0, 0.05) is 28.0 Å². The largest absolute Gasteiger partial charge is 0.460 e. The first-order valence-electron chi connectivity index (χ1n) is 16.0. The lowest BCUT2D eigenvalue weighted by Crippen LogP contribution is -2.47. The molecular weight excluding hydrogens is 699 g/mol. The average molecular weight is 734 g/mol. The van der Waals surface area contributed by atoms with E-state index in [0.29, 0.717) is 17.2 Å². The predicted molar refractivity (Wildman–Crippen MR) is 185 cm³/mol. The van der Waals surface area contributed by atoms with E-state index in [1.165, 1.54) is 53.4 Å². The van der Waals surface area contributed by atoms with Gasteiger partial charge in [-0.3, -0.25) is 4.79 Å². The van der Waals surface area contributed by atoms with Crippen molar-refractivity contribution >= 4 is 29.8 Å². The third-order valence-corrected chi connectivity index (χ3v) is 9.49. The lowest BCUT2D eigenvalue weighted by molar-refractivity contribution is -0.146. The number of nitriles is 1. The Morgan fingerprint density at radius 2 is 1.90 bits per heavy atom. The van der Waals surface area contributed by atoms with Crippen molar-refractivity contribution in [3.8, 4) is 6.07 Å². The summed E-state index contributed by atoms with van der Waals surface area (Å²) in [5, 5.41) is 12.1. The molecule has 0 unspecified atom stereocenters. The molecule has 2 heterocycles. The first-order valence-corrected chi connectivity index (χ1v) is 16.9. The number of thioether (sulfide) groups is 1. The molecular formula is C37H34F3N5O6S. The summed E-state index contributed by atoms with van der Waals surface area (Å²) in [6, 6.07) is 15.4. The topological polar surface area (TPSA) is 152 Å². The summed E-state index contributed by atoms with van der Waals surface area (Å²) in [6.07, 6.45) is 8.41. The van der Waals surface area contributed by atoms with Crippen LogP contribution in [0.4, 0.5) is 13.2 Å². The van der Waals surface area contributed by atoms with Gasteiger partial charge in [-0.25, -0.2) is 27.6 Å². The number of esters is 2. The zero-order valence-electron chi connectivity index (χ0n) is 27.9. The molecule has 0 amide bonds. The molecule has 2 N–H and O–H groups in total. The minimum absolute atomic E-state index is 0.0601. The standard InChI is InChI=1S/C37H34F3N5O6S/c1-24(52-29-19-49-35(50-20-29)9-5-3-6-26-11-10-25(16-41)14-32(26)39)37(21-45-23-43-22-44-45,31-13-12-28(38)15-33(31)40)51-36(47)30-8-4-2-7-27(30)18-48-34(46)17-42/h2-15,22-24,29,35H,17-21,42H2,1H3/t24-,29?,35?,37-/m1/s1. The molecule has 1 aliphatic heterocycles. The second kappa shape index (κ2) is 17.8. The van der Waals surface area contributed by atoms with Crippen LogP contribution < -0.4 is 5.73 Å². The van der Waals surface area contributed by atoms with Crippen molar-refractivity contribution in [2.75, 3.05) is 19.8 Å². The quantitative estimate of drug-likeness (QED) is 0.130. The third kappa shape index (κ3) is 9.53. The Kier molecular flexibility index (Phi) is 13.0. The fourth-order valence-electron chi connectivity index (χ4n) is 5.41. The summed E-state index contributed by atoms with van der Waals surface area (Å²) in [4.78, 5) is 29.8. The van der Waals surface area contributed by atoms with Crippen LogP contribution in [0.15, 0.2) is 91.5 Å². The summed E-state index contributed by atoms with van der Waals surface area (Å²) in [7, 11) is 0. The van der Waals surface area contributed by atoms with Crippen molar-refractivity contribution in [2.24, 2.45) is 5.73 Å². The number of halogens is 3. The van der Waals surface area contributed by atoms with Crippen LogP contribution in [0.5, 0.6) is 0 Å². The molecule has 0 bridgehead atoms. The van der Waals surface area contributed by atoms with Gasteiger partial charge in [0.2, 0.25) is 0 Å². The van der Waals surface area contributed by atoms with Gasteiger partial charge in [0.25, 0.3) is 0 Å². The SMILES string of the molecule is C[C@@H](SC1COC(C=CC=Cc2ccc(C#N)cc2F)OC1)[C@@](Cn1cncn1)(OC(=O)c1ccccc1COC(=O)CN)c1ccc(F)cc1F. The van der Waals surface area contributed by atoms with Gasteiger partial charge in [-0.15, -0.1) is 11.8 Å². The molecule has 1 fully saturated rings. The molecule has 0 aliphatic carbocycles. The highest BCUT2D eigenvalue weighted by atomic mass is 32.2. The number of rotatable bonds is 14. The molecule has 3 aromatic carbocycles. The van der Waals surface area contributed by atoms with Gasteiger partial charge >= 0.3 is 11.9 Å². The number of hydrogen-bond donors (Lipinski definition) is 1. The van der Waals surface area contributed by atoms with Crippen LogP contribution in [0.3, 0.4) is 0 Å². The van der Waals surface area contributed by atoms with Crippen LogP contribution in [0, 0.1) is 28.8 Å². The number of allylic oxidation sites excluding steroid dienone is 2. The Hall–Kier alpha value is -5.27. The number of ether oxygens (including phenoxy) is 4. The summed E-state index contributed by atoms with van der Waals surface area (Å²) in [5.74, 6) is -3.82. The number of nitrogens with two attached hydrogens (primary N) is 1. The molecule has 0 saturated carbocycles. The van der Waals surface area contributed by atoms with Crippen LogP contribution in [-0.4, -0.2) is 63.3 Å². The maximum atomic E-state index is 15.8. The molecule has 15 heteroatoms. The monoisotopic (exact) mass is 733 g/mol. The van der Waals surface area contributed by atoms with Crippen LogP contribution >= 0.6 is 11.8 Å². The molecule has 0 spiro atoms. The molecule has 1 aliphatic rings. The van der Waals surface area contributed by atoms with Gasteiger partial charge in [-0.05, 0) is 43.3 Å². The summed E-state index contributed by atoms with van der Waals surface area (Å²) in [5.41, 5.74) is 4.38. The number of benzene rings is 3. The molecule has 11 nitrogen and oxygen atoms in total. The molecule has 5 rings (SSSR count). The minimum atomic E-state index is -1.80. The fraction of sp³-hybridized carbons (Fsp3) is 0.270. The number of carbonyl (C=O) groups excluding carboxylic acids is 2. The van der Waals surface area contributed by atoms with E-state index in [0.717, 1.165) is 12.1 Å². The number of carbonyl (C=O) groups is 2. The van der Waals surface area contributed by atoms with Gasteiger partial charge < -0.3 is 24.7 Å². The summed E-state index contributed by atoms with van der Waals surface area (Å²) < 4.78 is 68.9. The Morgan fingerprint density at radius 1 is 1.12 bits per heavy atom. The van der Waals surface area contributed by atoms with Gasteiger partial charge in [-0.2, -0.15) is 10.4 Å². The Morgan fingerprint density at radius 3 is 2.60 bits per heavy atom. The molecule has 270 valence electrons. The van der Waals surface area contributed by atoms with Gasteiger partial charge in [-0.1, -0.05) is 42.5 Å². The summed E-state index contributed by atoms with van der Waals surface area (Å²) >= 11 is 1.31. The normalized spacial score (nSPS) is 17.8. The maximum absolute atomic E-state index is 15.8. The molecule has 2 atom stereocenters. The van der Waals surface area contributed by atoms with Crippen LogP contribution in [0.25, 0.3) is 6.08 Å². The molecule has 0 radical (unpaired) electrons. The Labute approximate surface area is 301 Å². The second-order valence-electron chi connectivity index (χ2n) is 11.5. The van der Waals surface area contributed by atoms with Crippen molar-refractivity contribution in [2.45, 2.75) is 42.5 Å². The van der Waals surface area contributed by atoms with E-state index < -0.39 is 46.5 Å². The second-order valence-corrected chi connectivity index (χ2v) is 13.2. The van der Waals surface area contributed by atoms with E-state index in [4.69, 9.17) is 29.9 Å². The van der Waals surface area contributed by atoms with Crippen molar-refractivity contribution in [1.29, 1.82) is 5.26 Å². The predicted octanol–water partition coefficient (Wildman–Crippen LogP) is 5.45. The molecule has 4 aromatic rings. The minimum Gasteiger partial charge on any atom is -0.460 e. The lowest BCUT2D eigenvalue weighted by Gasteiger charge is -2.40.